The molecule has 0 spiro atoms. The highest BCUT2D eigenvalue weighted by Crippen LogP contribution is 2.40. The number of alkyl halides is 4. The molecule has 6 unspecified atom stereocenters. The van der Waals surface area contributed by atoms with Crippen molar-refractivity contribution in [2.24, 2.45) is 4.99 Å². The van der Waals surface area contributed by atoms with Crippen LogP contribution in [0.1, 0.15) is 6.42 Å². The van der Waals surface area contributed by atoms with Crippen LogP contribution in [-0.2, 0) is 9.47 Å². The molecule has 2 aliphatic rings. The van der Waals surface area contributed by atoms with Crippen LogP contribution in [0.15, 0.2) is 4.99 Å². The Morgan fingerprint density at radius 1 is 1.33 bits per heavy atom. The van der Waals surface area contributed by atoms with Gasteiger partial charge in [-0.25, -0.2) is 0 Å². The second kappa shape index (κ2) is 7.73. The highest BCUT2D eigenvalue weighted by Gasteiger charge is 2.57. The molecule has 0 aromatic heterocycles. The number of amidine groups is 1. The lowest BCUT2D eigenvalue weighted by atomic mass is 9.94. The van der Waals surface area contributed by atoms with Crippen molar-refractivity contribution in [3.8, 4) is 0 Å². The van der Waals surface area contributed by atoms with Crippen molar-refractivity contribution in [1.29, 1.82) is 0 Å². The standard InChI is InChI=1S/C13H20F4N2O4S/c1-19(2)12-18-6-7(20)8(21)9(23-11(6)24-12)10(13(15,16)17)22-5-3-4-14/h6-11,20-21H,3-5H2,1-2H3. The molecule has 2 heterocycles. The molecular formula is C13H20F4N2O4S. The largest absolute Gasteiger partial charge is 0.417 e. The second-order valence-corrected chi connectivity index (χ2v) is 6.81. The number of hydrogen-bond donors (Lipinski definition) is 2. The van der Waals surface area contributed by atoms with Crippen molar-refractivity contribution in [2.45, 2.75) is 48.5 Å². The molecule has 2 rings (SSSR count). The SMILES string of the molecule is CN(C)C1=NC2C(OC(C(OCCCF)C(F)(F)F)C(O)C2O)S1. The first-order chi connectivity index (χ1) is 11.2. The number of hydrogen-bond acceptors (Lipinski definition) is 7. The average molecular weight is 376 g/mol. The lowest BCUT2D eigenvalue weighted by Gasteiger charge is -2.41. The fourth-order valence-corrected chi connectivity index (χ4v) is 3.63. The molecule has 1 fully saturated rings. The predicted molar refractivity (Wildman–Crippen MR) is 79.6 cm³/mol. The minimum atomic E-state index is -4.83. The first-order valence-corrected chi connectivity index (χ1v) is 8.22. The Bertz CT molecular complexity index is 466. The fraction of sp³-hybridized carbons (Fsp3) is 0.923. The third-order valence-electron chi connectivity index (χ3n) is 3.67. The van der Waals surface area contributed by atoms with E-state index < -0.39 is 55.4 Å². The van der Waals surface area contributed by atoms with Crippen LogP contribution >= 0.6 is 11.8 Å². The zero-order valence-corrected chi connectivity index (χ0v) is 13.9. The molecule has 0 aromatic carbocycles. The second-order valence-electron chi connectivity index (χ2n) is 5.74. The molecule has 140 valence electrons. The third kappa shape index (κ3) is 4.13. The first-order valence-electron chi connectivity index (χ1n) is 7.34. The minimum Gasteiger partial charge on any atom is -0.388 e. The molecule has 6 atom stereocenters. The summed E-state index contributed by atoms with van der Waals surface area (Å²) in [5.74, 6) is 0. The monoisotopic (exact) mass is 376 g/mol. The van der Waals surface area contributed by atoms with Gasteiger partial charge in [0.15, 0.2) is 11.3 Å². The molecule has 2 aliphatic heterocycles. The summed E-state index contributed by atoms with van der Waals surface area (Å²) in [4.78, 5) is 5.81. The molecule has 0 radical (unpaired) electrons. The van der Waals surface area contributed by atoms with Gasteiger partial charge in [0, 0.05) is 14.1 Å². The van der Waals surface area contributed by atoms with Crippen molar-refractivity contribution in [3.05, 3.63) is 0 Å². The van der Waals surface area contributed by atoms with Crippen LogP contribution in [0.4, 0.5) is 17.6 Å². The Kier molecular flexibility index (Phi) is 6.35. The topological polar surface area (TPSA) is 74.5 Å². The van der Waals surface area contributed by atoms with E-state index in [0.717, 1.165) is 11.8 Å². The van der Waals surface area contributed by atoms with E-state index in [-0.39, 0.29) is 6.42 Å². The molecule has 0 aliphatic carbocycles. The first kappa shape index (κ1) is 19.7. The summed E-state index contributed by atoms with van der Waals surface area (Å²) in [6.45, 7) is -1.29. The smallest absolute Gasteiger partial charge is 0.388 e. The van der Waals surface area contributed by atoms with Crippen LogP contribution < -0.4 is 0 Å². The van der Waals surface area contributed by atoms with Gasteiger partial charge >= 0.3 is 6.18 Å². The van der Waals surface area contributed by atoms with Crippen molar-refractivity contribution in [1.82, 2.24) is 4.90 Å². The van der Waals surface area contributed by atoms with E-state index in [2.05, 4.69) is 4.99 Å². The molecule has 0 amide bonds. The highest BCUT2D eigenvalue weighted by atomic mass is 32.2. The zero-order chi connectivity index (χ0) is 18.1. The van der Waals surface area contributed by atoms with Gasteiger partial charge < -0.3 is 24.6 Å². The van der Waals surface area contributed by atoms with Crippen LogP contribution in [0.2, 0.25) is 0 Å². The highest BCUT2D eigenvalue weighted by molar-refractivity contribution is 8.14. The molecule has 0 bridgehead atoms. The molecule has 0 aromatic rings. The van der Waals surface area contributed by atoms with Crippen LogP contribution in [0.3, 0.4) is 0 Å². The predicted octanol–water partition coefficient (Wildman–Crippen LogP) is 0.773. The van der Waals surface area contributed by atoms with Gasteiger partial charge in [0.2, 0.25) is 0 Å². The average Bonchev–Trinajstić information content (AvgIpc) is 2.91. The van der Waals surface area contributed by atoms with Crippen molar-refractivity contribution >= 4 is 16.9 Å². The molecular weight excluding hydrogens is 356 g/mol. The van der Waals surface area contributed by atoms with Crippen LogP contribution in [0.5, 0.6) is 0 Å². The van der Waals surface area contributed by atoms with Gasteiger partial charge in [-0.2, -0.15) is 13.2 Å². The molecule has 11 heteroatoms. The summed E-state index contributed by atoms with van der Waals surface area (Å²) >= 11 is 1.07. The van der Waals surface area contributed by atoms with E-state index in [1.807, 2.05) is 0 Å². The van der Waals surface area contributed by atoms with Crippen molar-refractivity contribution in [2.75, 3.05) is 27.4 Å². The van der Waals surface area contributed by atoms with E-state index >= 15 is 0 Å². The van der Waals surface area contributed by atoms with Gasteiger partial charge in [-0.3, -0.25) is 9.38 Å². The summed E-state index contributed by atoms with van der Waals surface area (Å²) in [6, 6.07) is -0.863. The zero-order valence-electron chi connectivity index (χ0n) is 13.1. The number of thioether (sulfide) groups is 1. The number of aliphatic imine (C=N–C) groups is 1. The fourth-order valence-electron chi connectivity index (χ4n) is 2.48. The van der Waals surface area contributed by atoms with Gasteiger partial charge in [-0.1, -0.05) is 11.8 Å². The number of nitrogens with zero attached hydrogens (tertiary/aromatic N) is 2. The number of halogens is 4. The lowest BCUT2D eigenvalue weighted by molar-refractivity contribution is -0.284. The van der Waals surface area contributed by atoms with E-state index in [1.54, 1.807) is 19.0 Å². The van der Waals surface area contributed by atoms with E-state index in [9.17, 15) is 27.8 Å². The van der Waals surface area contributed by atoms with Crippen LogP contribution in [-0.4, -0.2) is 89.7 Å². The maximum atomic E-state index is 13.2. The lowest BCUT2D eigenvalue weighted by Crippen LogP contribution is -2.61. The Hall–Kier alpha value is -0.620. The Morgan fingerprint density at radius 3 is 2.54 bits per heavy atom. The van der Waals surface area contributed by atoms with Gasteiger partial charge in [0.25, 0.3) is 0 Å². The summed E-state index contributed by atoms with van der Waals surface area (Å²) in [5.41, 5.74) is -0.861. The van der Waals surface area contributed by atoms with Crippen molar-refractivity contribution < 1.29 is 37.2 Å². The third-order valence-corrected chi connectivity index (χ3v) is 4.97. The van der Waals surface area contributed by atoms with Crippen LogP contribution in [0, 0.1) is 0 Å². The van der Waals surface area contributed by atoms with Gasteiger partial charge in [-0.05, 0) is 6.42 Å². The quantitative estimate of drug-likeness (QED) is 0.546. The van der Waals surface area contributed by atoms with E-state index in [1.165, 1.54) is 0 Å². The summed E-state index contributed by atoms with van der Waals surface area (Å²) < 4.78 is 61.9. The summed E-state index contributed by atoms with van der Waals surface area (Å²) in [7, 11) is 3.39. The van der Waals surface area contributed by atoms with Gasteiger partial charge in [-0.15, -0.1) is 0 Å². The minimum absolute atomic E-state index is 0.202. The normalized spacial score (nSPS) is 34.7. The van der Waals surface area contributed by atoms with Gasteiger partial charge in [0.05, 0.1) is 13.3 Å². The number of aliphatic hydroxyl groups excluding tert-OH is 2. The number of aliphatic hydroxyl groups is 2. The number of ether oxygens (including phenoxy) is 2. The molecule has 24 heavy (non-hydrogen) atoms. The Labute approximate surface area is 140 Å². The summed E-state index contributed by atoms with van der Waals surface area (Å²) in [5, 5.41) is 20.7. The number of fused-ring (bicyclic) bond motifs is 1. The molecule has 2 N–H and O–H groups in total. The Morgan fingerprint density at radius 2 is 2.00 bits per heavy atom. The maximum absolute atomic E-state index is 13.2. The van der Waals surface area contributed by atoms with Crippen molar-refractivity contribution in [3.63, 3.8) is 0 Å². The van der Waals surface area contributed by atoms with Crippen LogP contribution in [0.25, 0.3) is 0 Å². The molecule has 6 nitrogen and oxygen atoms in total. The van der Waals surface area contributed by atoms with E-state index in [0.29, 0.717) is 5.17 Å². The maximum Gasteiger partial charge on any atom is 0.417 e. The number of rotatable bonds is 5. The van der Waals surface area contributed by atoms with Gasteiger partial charge in [0.1, 0.15) is 29.8 Å². The molecule has 1 saturated heterocycles. The molecule has 0 saturated carbocycles. The van der Waals surface area contributed by atoms with E-state index in [4.69, 9.17) is 9.47 Å². The summed E-state index contributed by atoms with van der Waals surface area (Å²) in [6.07, 6.45) is -12.7. The Balaban J connectivity index is 2.15.